The second-order valence-corrected chi connectivity index (χ2v) is 5.52. The summed E-state index contributed by atoms with van der Waals surface area (Å²) in [6.07, 6.45) is 3.55. The molecule has 0 amide bonds. The van der Waals surface area contributed by atoms with Crippen molar-refractivity contribution in [3.8, 4) is 0 Å². The van der Waals surface area contributed by atoms with Gasteiger partial charge in [0.15, 0.2) is 0 Å². The maximum absolute atomic E-state index is 6.17. The lowest BCUT2D eigenvalue weighted by molar-refractivity contribution is 0.427. The largest absolute Gasteiger partial charge is 0.460 e. The summed E-state index contributed by atoms with van der Waals surface area (Å²) in [4.78, 5) is 0. The van der Waals surface area contributed by atoms with Crippen molar-refractivity contribution in [2.24, 2.45) is 5.92 Å². The number of hydrogen-bond donors (Lipinski definition) is 0. The predicted octanol–water partition coefficient (Wildman–Crippen LogP) is 4.71. The van der Waals surface area contributed by atoms with Gasteiger partial charge in [-0.3, -0.25) is 0 Å². The molecule has 0 N–H and O–H groups in total. The third-order valence-electron chi connectivity index (χ3n) is 4.19. The Morgan fingerprint density at radius 3 is 2.89 bits per heavy atom. The van der Waals surface area contributed by atoms with Crippen LogP contribution < -0.4 is 0 Å². The second kappa shape index (κ2) is 3.61. The first-order valence-corrected chi connectivity index (χ1v) is 6.75. The molecule has 1 nitrogen and oxygen atoms in total. The van der Waals surface area contributed by atoms with Crippen LogP contribution in [0.5, 0.6) is 0 Å². The molecule has 0 bridgehead atoms. The van der Waals surface area contributed by atoms with Gasteiger partial charge in [0.1, 0.15) is 11.3 Å². The van der Waals surface area contributed by atoms with Gasteiger partial charge in [0.05, 0.1) is 0 Å². The van der Waals surface area contributed by atoms with Crippen molar-refractivity contribution in [3.05, 3.63) is 47.7 Å². The fourth-order valence-corrected chi connectivity index (χ4v) is 3.17. The van der Waals surface area contributed by atoms with Gasteiger partial charge in [-0.1, -0.05) is 43.3 Å². The third-order valence-corrected chi connectivity index (χ3v) is 4.19. The van der Waals surface area contributed by atoms with Crippen LogP contribution in [0.3, 0.4) is 0 Å². The number of fused-ring (bicyclic) bond motifs is 5. The Labute approximate surface area is 106 Å². The van der Waals surface area contributed by atoms with Crippen molar-refractivity contribution in [3.63, 3.8) is 0 Å². The summed E-state index contributed by atoms with van der Waals surface area (Å²) in [6, 6.07) is 12.9. The molecule has 0 radical (unpaired) electrons. The highest BCUT2D eigenvalue weighted by Crippen LogP contribution is 2.37. The smallest absolute Gasteiger partial charge is 0.142 e. The molecule has 1 heterocycles. The highest BCUT2D eigenvalue weighted by Gasteiger charge is 2.22. The highest BCUT2D eigenvalue weighted by molar-refractivity contribution is 6.05. The molecule has 1 atom stereocenters. The number of aryl methyl sites for hydroxylation is 1. The molecule has 18 heavy (non-hydrogen) atoms. The summed E-state index contributed by atoms with van der Waals surface area (Å²) >= 11 is 0. The van der Waals surface area contributed by atoms with Gasteiger partial charge in [-0.15, -0.1) is 0 Å². The Hall–Kier alpha value is -1.76. The van der Waals surface area contributed by atoms with Crippen LogP contribution in [0.15, 0.2) is 40.8 Å². The van der Waals surface area contributed by atoms with Crippen molar-refractivity contribution < 1.29 is 4.42 Å². The molecule has 0 saturated carbocycles. The van der Waals surface area contributed by atoms with Gasteiger partial charge in [-0.25, -0.2) is 0 Å². The van der Waals surface area contributed by atoms with Gasteiger partial charge in [-0.2, -0.15) is 0 Å². The van der Waals surface area contributed by atoms with E-state index in [1.54, 1.807) is 0 Å². The summed E-state index contributed by atoms with van der Waals surface area (Å²) in [5.41, 5.74) is 2.54. The summed E-state index contributed by atoms with van der Waals surface area (Å²) < 4.78 is 6.17. The quantitative estimate of drug-likeness (QED) is 0.551. The van der Waals surface area contributed by atoms with Crippen molar-refractivity contribution in [1.29, 1.82) is 0 Å². The minimum absolute atomic E-state index is 0.754. The number of hydrogen-bond acceptors (Lipinski definition) is 1. The summed E-state index contributed by atoms with van der Waals surface area (Å²) in [5, 5.41) is 3.84. The third kappa shape index (κ3) is 1.34. The molecule has 1 unspecified atom stereocenters. The summed E-state index contributed by atoms with van der Waals surface area (Å²) in [7, 11) is 0. The van der Waals surface area contributed by atoms with E-state index in [1.807, 2.05) is 0 Å². The number of benzene rings is 2. The van der Waals surface area contributed by atoms with E-state index in [0.717, 1.165) is 17.9 Å². The zero-order valence-corrected chi connectivity index (χ0v) is 10.6. The van der Waals surface area contributed by atoms with Crippen LogP contribution in [-0.4, -0.2) is 0 Å². The SMILES string of the molecule is CC1CCc2c(oc3c2ccc2ccccc23)C1. The van der Waals surface area contributed by atoms with E-state index in [4.69, 9.17) is 4.42 Å². The fraction of sp³-hybridized carbons (Fsp3) is 0.294. The number of rotatable bonds is 0. The molecular weight excluding hydrogens is 220 g/mol. The minimum Gasteiger partial charge on any atom is -0.460 e. The molecule has 1 aliphatic rings. The molecule has 3 aromatic rings. The Kier molecular flexibility index (Phi) is 2.05. The van der Waals surface area contributed by atoms with Gasteiger partial charge >= 0.3 is 0 Å². The minimum atomic E-state index is 0.754. The molecular formula is C17H16O. The number of furan rings is 1. The topological polar surface area (TPSA) is 13.1 Å². The average molecular weight is 236 g/mol. The van der Waals surface area contributed by atoms with Crippen LogP contribution in [0, 0.1) is 5.92 Å². The van der Waals surface area contributed by atoms with Crippen molar-refractivity contribution in [2.75, 3.05) is 0 Å². The van der Waals surface area contributed by atoms with Crippen LogP contribution in [0.25, 0.3) is 21.7 Å². The van der Waals surface area contributed by atoms with Crippen molar-refractivity contribution in [1.82, 2.24) is 0 Å². The Morgan fingerprint density at radius 1 is 1.06 bits per heavy atom. The van der Waals surface area contributed by atoms with E-state index in [9.17, 15) is 0 Å². The molecule has 0 saturated heterocycles. The average Bonchev–Trinajstić information content (AvgIpc) is 2.76. The lowest BCUT2D eigenvalue weighted by atomic mass is 9.88. The normalized spacial score (nSPS) is 19.3. The molecule has 0 aliphatic heterocycles. The second-order valence-electron chi connectivity index (χ2n) is 5.52. The zero-order chi connectivity index (χ0) is 12.1. The first kappa shape index (κ1) is 10.2. The fourth-order valence-electron chi connectivity index (χ4n) is 3.17. The highest BCUT2D eigenvalue weighted by atomic mass is 16.3. The van der Waals surface area contributed by atoms with E-state index in [0.29, 0.717) is 0 Å². The van der Waals surface area contributed by atoms with Gasteiger partial charge in [0, 0.05) is 22.8 Å². The van der Waals surface area contributed by atoms with Crippen LogP contribution in [0.1, 0.15) is 24.7 Å². The van der Waals surface area contributed by atoms with E-state index < -0.39 is 0 Å². The van der Waals surface area contributed by atoms with Gasteiger partial charge in [0.25, 0.3) is 0 Å². The molecule has 2 aromatic carbocycles. The maximum Gasteiger partial charge on any atom is 0.142 e. The Bertz CT molecular complexity index is 736. The van der Waals surface area contributed by atoms with Crippen LogP contribution >= 0.6 is 0 Å². The standard InChI is InChI=1S/C17H16O/c1-11-6-8-14-15-9-7-12-4-2-3-5-13(12)17(15)18-16(14)10-11/h2-5,7,9,11H,6,8,10H2,1H3. The molecule has 0 spiro atoms. The summed E-state index contributed by atoms with van der Waals surface area (Å²) in [5.74, 6) is 1.98. The summed E-state index contributed by atoms with van der Waals surface area (Å²) in [6.45, 7) is 2.31. The van der Waals surface area contributed by atoms with E-state index in [2.05, 4.69) is 43.3 Å². The monoisotopic (exact) mass is 236 g/mol. The lowest BCUT2D eigenvalue weighted by Crippen LogP contribution is -2.08. The molecule has 1 heteroatoms. The predicted molar refractivity (Wildman–Crippen MR) is 74.9 cm³/mol. The van der Waals surface area contributed by atoms with Gasteiger partial charge < -0.3 is 4.42 Å². The zero-order valence-electron chi connectivity index (χ0n) is 10.6. The molecule has 0 fully saturated rings. The van der Waals surface area contributed by atoms with Crippen molar-refractivity contribution in [2.45, 2.75) is 26.2 Å². The lowest BCUT2D eigenvalue weighted by Gasteiger charge is -2.16. The van der Waals surface area contributed by atoms with Crippen LogP contribution in [0.4, 0.5) is 0 Å². The Balaban J connectivity index is 2.09. The van der Waals surface area contributed by atoms with E-state index in [1.165, 1.54) is 40.3 Å². The first-order chi connectivity index (χ1) is 8.83. The van der Waals surface area contributed by atoms with Gasteiger partial charge in [-0.05, 0) is 24.1 Å². The maximum atomic E-state index is 6.17. The van der Waals surface area contributed by atoms with Crippen LogP contribution in [0.2, 0.25) is 0 Å². The van der Waals surface area contributed by atoms with Crippen molar-refractivity contribution >= 4 is 21.7 Å². The van der Waals surface area contributed by atoms with E-state index >= 15 is 0 Å². The van der Waals surface area contributed by atoms with Crippen LogP contribution in [-0.2, 0) is 12.8 Å². The molecule has 1 aliphatic carbocycles. The molecule has 90 valence electrons. The first-order valence-electron chi connectivity index (χ1n) is 6.75. The Morgan fingerprint density at radius 2 is 1.94 bits per heavy atom. The molecule has 1 aromatic heterocycles. The molecule has 4 rings (SSSR count). The van der Waals surface area contributed by atoms with Gasteiger partial charge in [0.2, 0.25) is 0 Å². The van der Waals surface area contributed by atoms with E-state index in [-0.39, 0.29) is 0 Å².